The highest BCUT2D eigenvalue weighted by atomic mass is 16.5. The summed E-state index contributed by atoms with van der Waals surface area (Å²) < 4.78 is 22.3. The fourth-order valence-electron chi connectivity index (χ4n) is 5.19. The minimum Gasteiger partial charge on any atom is -0.378 e. The van der Waals surface area contributed by atoms with Gasteiger partial charge in [0, 0.05) is 74.6 Å². The molecular weight excluding hydrogens is 584 g/mol. The molecule has 46 heavy (non-hydrogen) atoms. The molecule has 0 spiro atoms. The van der Waals surface area contributed by atoms with E-state index in [9.17, 15) is 4.79 Å². The van der Waals surface area contributed by atoms with Gasteiger partial charge >= 0.3 is 0 Å². The van der Waals surface area contributed by atoms with Crippen LogP contribution < -0.4 is 16.0 Å². The van der Waals surface area contributed by atoms with Gasteiger partial charge < -0.3 is 44.7 Å². The number of hydrogen-bond donors (Lipinski definition) is 3. The number of rotatable bonds is 25. The molecule has 0 aromatic carbocycles. The van der Waals surface area contributed by atoms with Gasteiger partial charge in [0.05, 0.1) is 52.9 Å². The number of piperazine rings is 1. The fraction of sp³-hybridized carbons (Fsp3) is 0.971. The van der Waals surface area contributed by atoms with Crippen LogP contribution in [0.3, 0.4) is 0 Å². The monoisotopic (exact) mass is 665 g/mol. The lowest BCUT2D eigenvalue weighted by atomic mass is 10.0. The quantitative estimate of drug-likeness (QED) is 0.126. The smallest absolute Gasteiger partial charge is 0.222 e. The lowest BCUT2D eigenvalue weighted by Crippen LogP contribution is -2.47. The Morgan fingerprint density at radius 1 is 0.696 bits per heavy atom. The van der Waals surface area contributed by atoms with Crippen molar-refractivity contribution in [1.29, 1.82) is 0 Å². The number of carbonyl (C=O) groups excluding carboxylic acids is 1. The molecule has 1 atom stereocenters. The minimum absolute atomic E-state index is 0. The third kappa shape index (κ3) is 24.3. The van der Waals surface area contributed by atoms with Gasteiger partial charge in [0.1, 0.15) is 0 Å². The van der Waals surface area contributed by atoms with Gasteiger partial charge in [-0.15, -0.1) is 0 Å². The van der Waals surface area contributed by atoms with Crippen molar-refractivity contribution < 1.29 is 28.0 Å². The van der Waals surface area contributed by atoms with Crippen molar-refractivity contribution in [2.45, 2.75) is 79.8 Å². The van der Waals surface area contributed by atoms with Crippen molar-refractivity contribution in [3.05, 3.63) is 0 Å². The lowest BCUT2D eigenvalue weighted by Gasteiger charge is -2.33. The van der Waals surface area contributed by atoms with E-state index in [4.69, 9.17) is 18.9 Å². The number of nitrogens with one attached hydrogen (secondary N) is 3. The first-order chi connectivity index (χ1) is 22.2. The highest BCUT2D eigenvalue weighted by molar-refractivity contribution is 5.77. The number of hydrogen-bond acceptors (Lipinski definition) is 10. The average molecular weight is 665 g/mol. The van der Waals surface area contributed by atoms with E-state index in [2.05, 4.69) is 65.3 Å². The summed E-state index contributed by atoms with van der Waals surface area (Å²) in [6.07, 6.45) is 3.71. The first-order valence-electron chi connectivity index (χ1n) is 18.5. The number of piperidine rings is 1. The molecule has 0 saturated carbocycles. The Morgan fingerprint density at radius 2 is 1.20 bits per heavy atom. The number of carbonyl (C=O) groups is 1. The van der Waals surface area contributed by atoms with Crippen LogP contribution in [0.5, 0.6) is 0 Å². The number of likely N-dealkylation sites (tertiary alicyclic amines) is 1. The van der Waals surface area contributed by atoms with Gasteiger partial charge in [-0.1, -0.05) is 41.5 Å². The molecule has 2 heterocycles. The van der Waals surface area contributed by atoms with Crippen molar-refractivity contribution in [3.8, 4) is 0 Å². The second-order valence-electron chi connectivity index (χ2n) is 13.4. The maximum absolute atomic E-state index is 11.3. The van der Waals surface area contributed by atoms with Gasteiger partial charge in [0.2, 0.25) is 5.91 Å². The summed E-state index contributed by atoms with van der Waals surface area (Å²) in [6, 6.07) is 1.33. The Bertz CT molecular complexity index is 705. The lowest BCUT2D eigenvalue weighted by molar-refractivity contribution is -0.124. The summed E-state index contributed by atoms with van der Waals surface area (Å²) in [7, 11) is 0. The maximum Gasteiger partial charge on any atom is 0.222 e. The Kier molecular flexibility index (Phi) is 27.3. The minimum atomic E-state index is 0. The molecule has 2 aliphatic rings. The Hall–Kier alpha value is -0.890. The number of nitrogens with zero attached hydrogens (tertiary/aromatic N) is 3. The van der Waals surface area contributed by atoms with Crippen LogP contribution in [-0.4, -0.2) is 164 Å². The molecule has 0 aliphatic carbocycles. The van der Waals surface area contributed by atoms with Crippen LogP contribution in [0.25, 0.3) is 0 Å². The second kappa shape index (κ2) is 29.1. The van der Waals surface area contributed by atoms with Crippen molar-refractivity contribution in [1.82, 2.24) is 30.7 Å². The van der Waals surface area contributed by atoms with Crippen molar-refractivity contribution in [2.24, 2.45) is 11.8 Å². The van der Waals surface area contributed by atoms with Crippen LogP contribution in [0.15, 0.2) is 0 Å². The highest BCUT2D eigenvalue weighted by Gasteiger charge is 2.19. The molecule has 11 nitrogen and oxygen atoms in total. The maximum atomic E-state index is 11.3. The first-order valence-corrected chi connectivity index (χ1v) is 18.5. The molecule has 1 amide bonds. The second-order valence-corrected chi connectivity index (χ2v) is 13.4. The topological polar surface area (TPSA) is 99.8 Å². The Balaban J connectivity index is -0.000000856. The van der Waals surface area contributed by atoms with E-state index in [1.54, 1.807) is 0 Å². The molecule has 3 N–H and O–H groups in total. The zero-order chi connectivity index (χ0) is 33.8. The molecule has 280 valence electrons. The summed E-state index contributed by atoms with van der Waals surface area (Å²) in [5, 5.41) is 9.93. The predicted octanol–water partition coefficient (Wildman–Crippen LogP) is 3.29. The molecule has 2 fully saturated rings. The molecule has 11 heteroatoms. The van der Waals surface area contributed by atoms with E-state index in [-0.39, 0.29) is 16.1 Å². The summed E-state index contributed by atoms with van der Waals surface area (Å²) in [5.74, 6) is 0.834. The van der Waals surface area contributed by atoms with Crippen LogP contribution in [0.2, 0.25) is 0 Å². The van der Waals surface area contributed by atoms with E-state index in [0.717, 1.165) is 65.6 Å². The summed E-state index contributed by atoms with van der Waals surface area (Å²) in [6.45, 7) is 33.2. The predicted molar refractivity (Wildman–Crippen MR) is 196 cm³/mol. The third-order valence-corrected chi connectivity index (χ3v) is 8.53. The zero-order valence-corrected chi connectivity index (χ0v) is 31.0. The van der Waals surface area contributed by atoms with E-state index in [1.165, 1.54) is 45.4 Å². The van der Waals surface area contributed by atoms with Crippen molar-refractivity contribution >= 4 is 5.91 Å². The molecule has 0 aromatic heterocycles. The number of ether oxygens (including phenoxy) is 4. The molecule has 1 unspecified atom stereocenters. The van der Waals surface area contributed by atoms with Crippen LogP contribution in [0.1, 0.15) is 72.0 Å². The van der Waals surface area contributed by atoms with Crippen molar-refractivity contribution in [3.63, 3.8) is 0 Å². The summed E-state index contributed by atoms with van der Waals surface area (Å²) >= 11 is 0. The normalized spacial score (nSPS) is 17.8. The molecule has 2 saturated heterocycles. The van der Waals surface area contributed by atoms with Crippen LogP contribution in [0.4, 0.5) is 0 Å². The van der Waals surface area contributed by atoms with Crippen LogP contribution >= 0.6 is 0 Å². The summed E-state index contributed by atoms with van der Waals surface area (Å²) in [5.41, 5.74) is 0. The molecule has 0 bridgehead atoms. The highest BCUT2D eigenvalue weighted by Crippen LogP contribution is 2.11. The molecular formula is C35H80N6O5. The first kappa shape index (κ1) is 43.1. The molecule has 0 radical (unpaired) electrons. The van der Waals surface area contributed by atoms with Crippen LogP contribution in [-0.2, 0) is 23.7 Å². The van der Waals surface area contributed by atoms with Crippen LogP contribution in [0, 0.1) is 11.8 Å². The van der Waals surface area contributed by atoms with Gasteiger partial charge in [-0.3, -0.25) is 9.69 Å². The average Bonchev–Trinajstić information content (AvgIpc) is 3.05. The Labute approximate surface area is 287 Å². The van der Waals surface area contributed by atoms with E-state index in [0.29, 0.717) is 57.6 Å². The SMILES string of the molecule is CCC(C)NC1CCN(CCOCCOCCOCCNCC(C)C)CC1.CCN1CCN(CCOCCNC(=O)C(C)C)CC1.[HH].[HH].[HH]. The van der Waals surface area contributed by atoms with E-state index >= 15 is 0 Å². The van der Waals surface area contributed by atoms with E-state index in [1.807, 2.05) is 13.8 Å². The zero-order valence-electron chi connectivity index (χ0n) is 31.0. The third-order valence-electron chi connectivity index (χ3n) is 8.53. The van der Waals surface area contributed by atoms with Gasteiger partial charge in [-0.25, -0.2) is 0 Å². The molecule has 2 rings (SSSR count). The number of likely N-dealkylation sites (N-methyl/N-ethyl adjacent to an activating group) is 1. The fourth-order valence-corrected chi connectivity index (χ4v) is 5.19. The Morgan fingerprint density at radius 3 is 1.74 bits per heavy atom. The summed E-state index contributed by atoms with van der Waals surface area (Å²) in [4.78, 5) is 18.7. The van der Waals surface area contributed by atoms with Crippen molar-refractivity contribution in [2.75, 3.05) is 131 Å². The molecule has 0 aromatic rings. The largest absolute Gasteiger partial charge is 0.378 e. The van der Waals surface area contributed by atoms with Gasteiger partial charge in [0.25, 0.3) is 0 Å². The van der Waals surface area contributed by atoms with Gasteiger partial charge in [0.15, 0.2) is 0 Å². The standard InChI is InChI=1S/C21H45N3O3.C14H29N3O2.3H2/c1-5-20(4)23-21-6-9-24(10-7-21)11-13-26-15-17-27-16-14-25-12-8-22-18-19(2)3;1-4-16-6-8-17(9-7-16)10-12-19-11-5-15-14(18)13(2)3;;;/h19-23H,5-18H2,1-4H3;13H,4-12H2,1-3H3,(H,15,18);3*1H. The number of amides is 1. The van der Waals surface area contributed by atoms with E-state index < -0.39 is 0 Å². The van der Waals surface area contributed by atoms with Gasteiger partial charge in [-0.2, -0.15) is 0 Å². The van der Waals surface area contributed by atoms with Gasteiger partial charge in [-0.05, 0) is 58.3 Å². The molecule has 2 aliphatic heterocycles.